The summed E-state index contributed by atoms with van der Waals surface area (Å²) in [5, 5.41) is 9.29. The molecule has 1 aliphatic carbocycles. The standard InChI is InChI=1S/C25H23N7OS/c1-31-11-9-26-24(31)23-28-22(27-17-12-15(13-17)14-33)20-19(16-6-4-3-5-7-16)21(34-25(20)29-23)18-8-10-32(2)30-18/h3-11,14-15,17H,12-13H2,1-2H3,(H,27,28,29). The molecule has 9 heteroatoms. The number of hydrogen-bond donors (Lipinski definition) is 1. The van der Waals surface area contributed by atoms with Crippen molar-refractivity contribution in [3.63, 3.8) is 0 Å². The van der Waals surface area contributed by atoms with Gasteiger partial charge in [-0.2, -0.15) is 5.10 Å². The van der Waals surface area contributed by atoms with Gasteiger partial charge in [0.1, 0.15) is 22.6 Å². The number of thiophene rings is 1. The van der Waals surface area contributed by atoms with Crippen LogP contribution >= 0.6 is 11.3 Å². The summed E-state index contributed by atoms with van der Waals surface area (Å²) in [6, 6.07) is 12.5. The lowest BCUT2D eigenvalue weighted by Gasteiger charge is -2.32. The van der Waals surface area contributed by atoms with Gasteiger partial charge in [-0.15, -0.1) is 11.3 Å². The molecule has 0 unspecified atom stereocenters. The zero-order valence-electron chi connectivity index (χ0n) is 18.8. The van der Waals surface area contributed by atoms with Gasteiger partial charge in [-0.05, 0) is 24.5 Å². The zero-order chi connectivity index (χ0) is 23.2. The number of benzene rings is 1. The summed E-state index contributed by atoms with van der Waals surface area (Å²) in [5.41, 5.74) is 3.06. The van der Waals surface area contributed by atoms with Crippen molar-refractivity contribution in [2.45, 2.75) is 18.9 Å². The average Bonchev–Trinajstić information content (AvgIpc) is 3.54. The van der Waals surface area contributed by atoms with E-state index >= 15 is 0 Å². The molecule has 0 amide bonds. The smallest absolute Gasteiger partial charge is 0.199 e. The Morgan fingerprint density at radius 3 is 2.59 bits per heavy atom. The van der Waals surface area contributed by atoms with E-state index in [1.807, 2.05) is 60.0 Å². The van der Waals surface area contributed by atoms with Crippen LogP contribution in [0.4, 0.5) is 5.82 Å². The summed E-state index contributed by atoms with van der Waals surface area (Å²) < 4.78 is 3.73. The Bertz CT molecular complexity index is 1490. The minimum Gasteiger partial charge on any atom is -0.367 e. The largest absolute Gasteiger partial charge is 0.367 e. The third kappa shape index (κ3) is 3.49. The van der Waals surface area contributed by atoms with E-state index in [0.29, 0.717) is 11.6 Å². The van der Waals surface area contributed by atoms with Gasteiger partial charge in [-0.3, -0.25) is 4.68 Å². The average molecular weight is 470 g/mol. The predicted octanol–water partition coefficient (Wildman–Crippen LogP) is 4.55. The minimum atomic E-state index is 0.115. The highest BCUT2D eigenvalue weighted by molar-refractivity contribution is 7.22. The predicted molar refractivity (Wildman–Crippen MR) is 133 cm³/mol. The first-order valence-corrected chi connectivity index (χ1v) is 12.0. The van der Waals surface area contributed by atoms with Gasteiger partial charge in [0.15, 0.2) is 11.6 Å². The van der Waals surface area contributed by atoms with Crippen molar-refractivity contribution in [3.8, 4) is 33.3 Å². The summed E-state index contributed by atoms with van der Waals surface area (Å²) in [4.78, 5) is 27.5. The van der Waals surface area contributed by atoms with Gasteiger partial charge in [-0.1, -0.05) is 30.3 Å². The Kier molecular flexibility index (Phi) is 4.99. The lowest BCUT2D eigenvalue weighted by atomic mass is 9.81. The summed E-state index contributed by atoms with van der Waals surface area (Å²) in [6.45, 7) is 0. The van der Waals surface area contributed by atoms with E-state index in [2.05, 4.69) is 22.4 Å². The van der Waals surface area contributed by atoms with Crippen LogP contribution in [0.1, 0.15) is 12.8 Å². The highest BCUT2D eigenvalue weighted by Gasteiger charge is 2.31. The van der Waals surface area contributed by atoms with Gasteiger partial charge in [0.2, 0.25) is 0 Å². The van der Waals surface area contributed by atoms with Gasteiger partial charge in [0.25, 0.3) is 0 Å². The number of aldehydes is 1. The van der Waals surface area contributed by atoms with E-state index in [-0.39, 0.29) is 12.0 Å². The monoisotopic (exact) mass is 469 g/mol. The van der Waals surface area contributed by atoms with Crippen LogP contribution in [0.25, 0.3) is 43.6 Å². The van der Waals surface area contributed by atoms with E-state index in [4.69, 9.17) is 15.1 Å². The molecule has 1 N–H and O–H groups in total. The molecule has 1 aliphatic rings. The normalized spacial score (nSPS) is 17.6. The Hall–Kier alpha value is -3.85. The third-order valence-corrected chi connectivity index (χ3v) is 7.40. The molecule has 0 spiro atoms. The molecule has 5 aromatic rings. The van der Waals surface area contributed by atoms with Crippen LogP contribution in [0.15, 0.2) is 55.0 Å². The fourth-order valence-electron chi connectivity index (χ4n) is 4.47. The van der Waals surface area contributed by atoms with Crippen molar-refractivity contribution >= 4 is 33.7 Å². The first kappa shape index (κ1) is 20.7. The molecular weight excluding hydrogens is 446 g/mol. The van der Waals surface area contributed by atoms with E-state index in [9.17, 15) is 4.79 Å². The topological polar surface area (TPSA) is 90.5 Å². The number of rotatable bonds is 6. The molecule has 170 valence electrons. The van der Waals surface area contributed by atoms with Crippen LogP contribution in [0.3, 0.4) is 0 Å². The molecule has 4 aromatic heterocycles. The number of aryl methyl sites for hydroxylation is 2. The van der Waals surface area contributed by atoms with Crippen LogP contribution in [-0.4, -0.2) is 41.6 Å². The first-order chi connectivity index (χ1) is 16.6. The van der Waals surface area contributed by atoms with Crippen molar-refractivity contribution in [2.24, 2.45) is 20.0 Å². The number of nitrogens with one attached hydrogen (secondary N) is 1. The molecule has 1 aromatic carbocycles. The first-order valence-electron chi connectivity index (χ1n) is 11.2. The maximum Gasteiger partial charge on any atom is 0.199 e. The fourth-order valence-corrected chi connectivity index (χ4v) is 5.63. The second kappa shape index (κ2) is 8.18. The van der Waals surface area contributed by atoms with Crippen LogP contribution in [0.2, 0.25) is 0 Å². The van der Waals surface area contributed by atoms with Crippen molar-refractivity contribution in [1.29, 1.82) is 0 Å². The number of imidazole rings is 1. The fraction of sp³-hybridized carbons (Fsp3) is 0.240. The number of aromatic nitrogens is 6. The SMILES string of the molecule is Cn1ccc(-c2sc3nc(-c4nccn4C)nc(NC4CC(C=O)C4)c3c2-c2ccccc2)n1. The summed E-state index contributed by atoms with van der Waals surface area (Å²) in [6.07, 6.45) is 8.26. The maximum absolute atomic E-state index is 11.2. The van der Waals surface area contributed by atoms with Crippen LogP contribution in [0.5, 0.6) is 0 Å². The van der Waals surface area contributed by atoms with E-state index < -0.39 is 0 Å². The number of nitrogens with zero attached hydrogens (tertiary/aromatic N) is 6. The van der Waals surface area contributed by atoms with Crippen molar-refractivity contribution < 1.29 is 4.79 Å². The molecule has 0 radical (unpaired) electrons. The Balaban J connectivity index is 1.60. The minimum absolute atomic E-state index is 0.115. The number of carbonyl (C=O) groups is 1. The lowest BCUT2D eigenvalue weighted by molar-refractivity contribution is -0.113. The summed E-state index contributed by atoms with van der Waals surface area (Å²) in [7, 11) is 3.86. The molecule has 6 rings (SSSR count). The van der Waals surface area contributed by atoms with Crippen LogP contribution < -0.4 is 5.32 Å². The molecule has 1 saturated carbocycles. The van der Waals surface area contributed by atoms with Gasteiger partial charge in [0, 0.05) is 50.2 Å². The highest BCUT2D eigenvalue weighted by Crippen LogP contribution is 2.47. The molecular formula is C25H23N7OS. The highest BCUT2D eigenvalue weighted by atomic mass is 32.1. The van der Waals surface area contributed by atoms with E-state index in [0.717, 1.165) is 56.9 Å². The summed E-state index contributed by atoms with van der Waals surface area (Å²) >= 11 is 1.61. The van der Waals surface area contributed by atoms with E-state index in [1.54, 1.807) is 17.5 Å². The Morgan fingerprint density at radius 1 is 1.09 bits per heavy atom. The van der Waals surface area contributed by atoms with Gasteiger partial charge < -0.3 is 14.7 Å². The van der Waals surface area contributed by atoms with Crippen LogP contribution in [0, 0.1) is 5.92 Å². The Labute approximate surface area is 200 Å². The second-order valence-electron chi connectivity index (χ2n) is 8.69. The number of anilines is 1. The van der Waals surface area contributed by atoms with Gasteiger partial charge in [-0.25, -0.2) is 15.0 Å². The van der Waals surface area contributed by atoms with Crippen molar-refractivity contribution in [3.05, 3.63) is 55.0 Å². The molecule has 1 fully saturated rings. The van der Waals surface area contributed by atoms with Gasteiger partial charge >= 0.3 is 0 Å². The molecule has 0 atom stereocenters. The van der Waals surface area contributed by atoms with Crippen molar-refractivity contribution in [2.75, 3.05) is 5.32 Å². The molecule has 8 nitrogen and oxygen atoms in total. The molecule has 4 heterocycles. The lowest BCUT2D eigenvalue weighted by Crippen LogP contribution is -2.36. The number of hydrogen-bond acceptors (Lipinski definition) is 7. The molecule has 0 bridgehead atoms. The zero-order valence-corrected chi connectivity index (χ0v) is 19.7. The molecule has 0 aliphatic heterocycles. The number of carbonyl (C=O) groups excluding carboxylic acids is 1. The van der Waals surface area contributed by atoms with Crippen LogP contribution in [-0.2, 0) is 18.9 Å². The number of fused-ring (bicyclic) bond motifs is 1. The van der Waals surface area contributed by atoms with E-state index in [1.165, 1.54) is 0 Å². The summed E-state index contributed by atoms with van der Waals surface area (Å²) in [5.74, 6) is 2.17. The molecule has 0 saturated heterocycles. The van der Waals surface area contributed by atoms with Crippen molar-refractivity contribution in [1.82, 2.24) is 29.3 Å². The Morgan fingerprint density at radius 2 is 1.91 bits per heavy atom. The maximum atomic E-state index is 11.2. The third-order valence-electron chi connectivity index (χ3n) is 6.29. The quantitative estimate of drug-likeness (QED) is 0.367. The second-order valence-corrected chi connectivity index (χ2v) is 9.69. The molecule has 34 heavy (non-hydrogen) atoms. The van der Waals surface area contributed by atoms with Gasteiger partial charge in [0.05, 0.1) is 10.3 Å².